The Morgan fingerprint density at radius 2 is 1.96 bits per heavy atom. The maximum atomic E-state index is 9.82. The van der Waals surface area contributed by atoms with E-state index in [2.05, 4.69) is 11.8 Å². The third-order valence-corrected chi connectivity index (χ3v) is 3.40. The number of aliphatic hydroxyl groups excluding tert-OH is 1. The molecule has 1 atom stereocenters. The fourth-order valence-corrected chi connectivity index (χ4v) is 2.14. The Morgan fingerprint density at radius 1 is 1.22 bits per heavy atom. The molecule has 2 rings (SSSR count). The largest absolute Gasteiger partial charge is 0.497 e. The van der Waals surface area contributed by atoms with Crippen molar-refractivity contribution in [1.29, 1.82) is 0 Å². The molecule has 5 nitrogen and oxygen atoms in total. The zero-order valence-corrected chi connectivity index (χ0v) is 13.5. The van der Waals surface area contributed by atoms with Crippen molar-refractivity contribution in [3.63, 3.8) is 0 Å². The fourth-order valence-electron chi connectivity index (χ4n) is 2.14. The minimum Gasteiger partial charge on any atom is -0.497 e. The van der Waals surface area contributed by atoms with E-state index in [0.29, 0.717) is 32.7 Å². The van der Waals surface area contributed by atoms with Gasteiger partial charge in [-0.25, -0.2) is 0 Å². The van der Waals surface area contributed by atoms with Gasteiger partial charge in [-0.2, -0.15) is 0 Å². The Hall–Kier alpha value is -1.58. The van der Waals surface area contributed by atoms with Gasteiger partial charge in [0.2, 0.25) is 0 Å². The van der Waals surface area contributed by atoms with Crippen molar-refractivity contribution in [2.75, 3.05) is 26.9 Å². The van der Waals surface area contributed by atoms with E-state index in [1.54, 1.807) is 7.11 Å². The SMILES string of the molecule is COc1ccc(COC[C@@H](O)CC#CCCC2OCCO2)cc1. The molecule has 1 aliphatic rings. The van der Waals surface area contributed by atoms with Gasteiger partial charge in [0, 0.05) is 19.3 Å². The molecule has 23 heavy (non-hydrogen) atoms. The monoisotopic (exact) mass is 320 g/mol. The summed E-state index contributed by atoms with van der Waals surface area (Å²) in [5.41, 5.74) is 1.04. The fraction of sp³-hybridized carbons (Fsp3) is 0.556. The van der Waals surface area contributed by atoms with Crippen LogP contribution in [-0.2, 0) is 20.8 Å². The van der Waals surface area contributed by atoms with E-state index < -0.39 is 6.10 Å². The zero-order valence-electron chi connectivity index (χ0n) is 13.5. The second-order valence-electron chi connectivity index (χ2n) is 5.28. The second kappa shape index (κ2) is 10.2. The average Bonchev–Trinajstić information content (AvgIpc) is 3.08. The van der Waals surface area contributed by atoms with E-state index in [4.69, 9.17) is 18.9 Å². The van der Waals surface area contributed by atoms with Crippen molar-refractivity contribution in [2.24, 2.45) is 0 Å². The number of benzene rings is 1. The molecule has 1 fully saturated rings. The van der Waals surface area contributed by atoms with Crippen LogP contribution in [0.15, 0.2) is 24.3 Å². The number of methoxy groups -OCH3 is 1. The maximum Gasteiger partial charge on any atom is 0.158 e. The van der Waals surface area contributed by atoms with Crippen LogP contribution in [0.25, 0.3) is 0 Å². The van der Waals surface area contributed by atoms with Crippen LogP contribution < -0.4 is 4.74 Å². The molecule has 1 aromatic rings. The van der Waals surface area contributed by atoms with Crippen LogP contribution in [0.3, 0.4) is 0 Å². The zero-order chi connectivity index (χ0) is 16.3. The predicted octanol–water partition coefficient (Wildman–Crippen LogP) is 2.12. The Balaban J connectivity index is 1.54. The van der Waals surface area contributed by atoms with E-state index in [9.17, 15) is 5.11 Å². The van der Waals surface area contributed by atoms with Gasteiger partial charge in [0.1, 0.15) is 5.75 Å². The van der Waals surface area contributed by atoms with E-state index >= 15 is 0 Å². The van der Waals surface area contributed by atoms with Crippen molar-refractivity contribution in [3.8, 4) is 17.6 Å². The van der Waals surface area contributed by atoms with Crippen LogP contribution in [-0.4, -0.2) is 44.4 Å². The first-order valence-electron chi connectivity index (χ1n) is 7.85. The van der Waals surface area contributed by atoms with E-state index in [0.717, 1.165) is 17.7 Å². The van der Waals surface area contributed by atoms with Gasteiger partial charge in [-0.05, 0) is 17.7 Å². The maximum absolute atomic E-state index is 9.82. The normalized spacial score (nSPS) is 15.9. The lowest BCUT2D eigenvalue weighted by molar-refractivity contribution is -0.0454. The van der Waals surface area contributed by atoms with Gasteiger partial charge in [0.05, 0.1) is 39.6 Å². The molecule has 1 heterocycles. The Bertz CT molecular complexity index is 496. The third-order valence-electron chi connectivity index (χ3n) is 3.40. The molecule has 0 spiro atoms. The highest BCUT2D eigenvalue weighted by atomic mass is 16.7. The summed E-state index contributed by atoms with van der Waals surface area (Å²) in [7, 11) is 1.64. The summed E-state index contributed by atoms with van der Waals surface area (Å²) < 4.78 is 21.2. The lowest BCUT2D eigenvalue weighted by Gasteiger charge is -2.09. The third kappa shape index (κ3) is 7.02. The van der Waals surface area contributed by atoms with Crippen LogP contribution in [0.5, 0.6) is 5.75 Å². The minimum atomic E-state index is -0.570. The summed E-state index contributed by atoms with van der Waals surface area (Å²) >= 11 is 0. The van der Waals surface area contributed by atoms with Crippen LogP contribution >= 0.6 is 0 Å². The van der Waals surface area contributed by atoms with Crippen LogP contribution in [0.4, 0.5) is 0 Å². The van der Waals surface area contributed by atoms with Crippen molar-refractivity contribution in [1.82, 2.24) is 0 Å². The molecule has 1 aromatic carbocycles. The molecular weight excluding hydrogens is 296 g/mol. The first-order chi connectivity index (χ1) is 11.3. The molecule has 5 heteroatoms. The van der Waals surface area contributed by atoms with Gasteiger partial charge in [-0.15, -0.1) is 11.8 Å². The van der Waals surface area contributed by atoms with Crippen LogP contribution in [0.1, 0.15) is 24.8 Å². The topological polar surface area (TPSA) is 57.2 Å². The van der Waals surface area contributed by atoms with Gasteiger partial charge in [0.15, 0.2) is 6.29 Å². The number of hydrogen-bond acceptors (Lipinski definition) is 5. The molecule has 1 N–H and O–H groups in total. The summed E-state index contributed by atoms with van der Waals surface area (Å²) in [6, 6.07) is 7.66. The minimum absolute atomic E-state index is 0.109. The lowest BCUT2D eigenvalue weighted by Crippen LogP contribution is -2.14. The van der Waals surface area contributed by atoms with Crippen LogP contribution in [0.2, 0.25) is 0 Å². The number of ether oxygens (including phenoxy) is 4. The smallest absolute Gasteiger partial charge is 0.158 e. The molecular formula is C18H24O5. The van der Waals surface area contributed by atoms with E-state index in [-0.39, 0.29) is 12.9 Å². The average molecular weight is 320 g/mol. The molecule has 0 bridgehead atoms. The van der Waals surface area contributed by atoms with E-state index in [1.165, 1.54) is 0 Å². The van der Waals surface area contributed by atoms with Crippen molar-refractivity contribution >= 4 is 0 Å². The van der Waals surface area contributed by atoms with Gasteiger partial charge >= 0.3 is 0 Å². The molecule has 0 amide bonds. The quantitative estimate of drug-likeness (QED) is 0.744. The summed E-state index contributed by atoms with van der Waals surface area (Å²) in [6.45, 7) is 2.07. The van der Waals surface area contributed by atoms with Crippen molar-refractivity contribution in [3.05, 3.63) is 29.8 Å². The molecule has 0 saturated carbocycles. The number of hydrogen-bond donors (Lipinski definition) is 1. The molecule has 1 saturated heterocycles. The Kier molecular flexibility index (Phi) is 7.91. The highest BCUT2D eigenvalue weighted by Gasteiger charge is 2.14. The lowest BCUT2D eigenvalue weighted by atomic mass is 10.2. The molecule has 1 aliphatic heterocycles. The standard InChI is InChI=1S/C18H24O5/c1-20-17-9-7-15(8-10-17)13-21-14-16(19)5-3-2-4-6-18-22-11-12-23-18/h7-10,16,18-19H,4-6,11-14H2,1H3/t16-/m0/s1. The highest BCUT2D eigenvalue weighted by molar-refractivity contribution is 5.26. The number of rotatable bonds is 8. The highest BCUT2D eigenvalue weighted by Crippen LogP contribution is 2.12. The first-order valence-corrected chi connectivity index (χ1v) is 7.85. The molecule has 126 valence electrons. The molecule has 0 aliphatic carbocycles. The summed E-state index contributed by atoms with van der Waals surface area (Å²) in [5.74, 6) is 6.81. The molecule has 0 aromatic heterocycles. The first kappa shape index (κ1) is 17.8. The number of aliphatic hydroxyl groups is 1. The predicted molar refractivity (Wildman–Crippen MR) is 86.0 cm³/mol. The van der Waals surface area contributed by atoms with Crippen molar-refractivity contribution in [2.45, 2.75) is 38.3 Å². The van der Waals surface area contributed by atoms with Gasteiger partial charge in [-0.3, -0.25) is 0 Å². The van der Waals surface area contributed by atoms with E-state index in [1.807, 2.05) is 24.3 Å². The van der Waals surface area contributed by atoms with Gasteiger partial charge in [-0.1, -0.05) is 12.1 Å². The summed E-state index contributed by atoms with van der Waals surface area (Å²) in [4.78, 5) is 0. The summed E-state index contributed by atoms with van der Waals surface area (Å²) in [5, 5.41) is 9.82. The molecule has 0 radical (unpaired) electrons. The molecule has 0 unspecified atom stereocenters. The summed E-state index contributed by atoms with van der Waals surface area (Å²) in [6.07, 6.45) is 1.22. The van der Waals surface area contributed by atoms with Gasteiger partial charge < -0.3 is 24.1 Å². The Morgan fingerprint density at radius 3 is 2.65 bits per heavy atom. The Labute approximate surface area is 137 Å². The van der Waals surface area contributed by atoms with Crippen molar-refractivity contribution < 1.29 is 24.1 Å². The van der Waals surface area contributed by atoms with Crippen LogP contribution in [0, 0.1) is 11.8 Å². The van der Waals surface area contributed by atoms with Gasteiger partial charge in [0.25, 0.3) is 0 Å². The second-order valence-corrected chi connectivity index (χ2v) is 5.28.